The van der Waals surface area contributed by atoms with Crippen molar-refractivity contribution in [1.29, 1.82) is 0 Å². The predicted octanol–water partition coefficient (Wildman–Crippen LogP) is 3.21. The second-order valence-corrected chi connectivity index (χ2v) is 9.27. The molecule has 0 bridgehead atoms. The van der Waals surface area contributed by atoms with Gasteiger partial charge in [-0.2, -0.15) is 0 Å². The molecule has 2 rings (SSSR count). The van der Waals surface area contributed by atoms with E-state index in [1.165, 1.54) is 0 Å². The average molecular weight is 405 g/mol. The minimum Gasteiger partial charge on any atom is -0.461 e. The highest BCUT2D eigenvalue weighted by Gasteiger charge is 2.29. The van der Waals surface area contributed by atoms with Crippen LogP contribution in [0.1, 0.15) is 48.0 Å². The van der Waals surface area contributed by atoms with Crippen LogP contribution < -0.4 is 0 Å². The van der Waals surface area contributed by atoms with E-state index in [2.05, 4.69) is 11.8 Å². The van der Waals surface area contributed by atoms with Gasteiger partial charge in [0.25, 0.3) is 0 Å². The molecule has 4 atom stereocenters. The van der Waals surface area contributed by atoms with Gasteiger partial charge < -0.3 is 18.9 Å². The van der Waals surface area contributed by atoms with Crippen molar-refractivity contribution < 1.29 is 28.5 Å². The monoisotopic (exact) mass is 404 g/mol. The molecule has 0 aromatic carbocycles. The van der Waals surface area contributed by atoms with Crippen molar-refractivity contribution in [2.45, 2.75) is 72.4 Å². The summed E-state index contributed by atoms with van der Waals surface area (Å²) < 4.78 is 22.6. The number of rotatable bonds is 5. The number of hydrogen-bond donors (Lipinski definition) is 0. The standard InChI is InChI=1S/C23H32O6/c1-22(2,3)20(24)27-15-17(29-21(25)23(4,5)6)13-12-16-9-7-10-18-19(28-16)11-8-14-26-18/h8,11-13,16-19H,10,14-15H2,1-6H3/b13-12+/t16?,17-,18-,19+/m1/s1. The molecule has 1 unspecified atom stereocenters. The molecule has 0 saturated heterocycles. The Bertz CT molecular complexity index is 710. The summed E-state index contributed by atoms with van der Waals surface area (Å²) >= 11 is 0. The fourth-order valence-corrected chi connectivity index (χ4v) is 2.49. The topological polar surface area (TPSA) is 71.1 Å². The van der Waals surface area contributed by atoms with Gasteiger partial charge in [-0.1, -0.05) is 24.0 Å². The van der Waals surface area contributed by atoms with Crippen LogP contribution in [0.3, 0.4) is 0 Å². The number of esters is 2. The third-order valence-electron chi connectivity index (χ3n) is 4.31. The van der Waals surface area contributed by atoms with E-state index in [-0.39, 0.29) is 30.8 Å². The van der Waals surface area contributed by atoms with E-state index in [9.17, 15) is 9.59 Å². The minimum absolute atomic E-state index is 0.0658. The van der Waals surface area contributed by atoms with E-state index in [1.54, 1.807) is 53.7 Å². The van der Waals surface area contributed by atoms with E-state index in [4.69, 9.17) is 18.9 Å². The zero-order valence-corrected chi connectivity index (χ0v) is 18.2. The summed E-state index contributed by atoms with van der Waals surface area (Å²) in [5.74, 6) is 5.38. The summed E-state index contributed by atoms with van der Waals surface area (Å²) in [7, 11) is 0. The quantitative estimate of drug-likeness (QED) is 0.398. The Morgan fingerprint density at radius 2 is 1.86 bits per heavy atom. The molecule has 2 aliphatic heterocycles. The average Bonchev–Trinajstić information content (AvgIpc) is 2.83. The minimum atomic E-state index is -0.726. The molecule has 0 N–H and O–H groups in total. The van der Waals surface area contributed by atoms with Crippen molar-refractivity contribution >= 4 is 11.9 Å². The Kier molecular flexibility index (Phi) is 7.67. The van der Waals surface area contributed by atoms with Crippen LogP contribution in [-0.2, 0) is 28.5 Å². The lowest BCUT2D eigenvalue weighted by Crippen LogP contribution is -2.34. The molecule has 0 spiro atoms. The highest BCUT2D eigenvalue weighted by molar-refractivity contribution is 5.76. The number of fused-ring (bicyclic) bond motifs is 1. The molecule has 0 saturated carbocycles. The number of carbonyl (C=O) groups excluding carboxylic acids is 2. The highest BCUT2D eigenvalue weighted by atomic mass is 16.6. The maximum Gasteiger partial charge on any atom is 0.311 e. The Morgan fingerprint density at radius 1 is 1.17 bits per heavy atom. The second-order valence-electron chi connectivity index (χ2n) is 9.27. The molecule has 0 fully saturated rings. The Hall–Kier alpha value is -2.10. The van der Waals surface area contributed by atoms with Gasteiger partial charge in [0.05, 0.1) is 23.5 Å². The third-order valence-corrected chi connectivity index (χ3v) is 4.31. The van der Waals surface area contributed by atoms with Crippen molar-refractivity contribution in [3.8, 4) is 11.8 Å². The maximum atomic E-state index is 12.3. The lowest BCUT2D eigenvalue weighted by Gasteiger charge is -2.26. The Labute approximate surface area is 173 Å². The second kappa shape index (κ2) is 9.60. The van der Waals surface area contributed by atoms with E-state index in [1.807, 2.05) is 12.2 Å². The Morgan fingerprint density at radius 3 is 2.52 bits per heavy atom. The van der Waals surface area contributed by atoms with Crippen LogP contribution >= 0.6 is 0 Å². The maximum absolute atomic E-state index is 12.3. The van der Waals surface area contributed by atoms with Gasteiger partial charge in [0, 0.05) is 6.42 Å². The lowest BCUT2D eigenvalue weighted by molar-refractivity contribution is -0.166. The van der Waals surface area contributed by atoms with Crippen molar-refractivity contribution in [3.05, 3.63) is 24.3 Å². The summed E-state index contributed by atoms with van der Waals surface area (Å²) in [6.07, 6.45) is 6.46. The molecule has 0 aliphatic carbocycles. The SMILES string of the molecule is CC(C)(C)C(=O)OC[C@@H](/C=C/C1C#CC[C@H]2OCC=C[C@@H]2O1)OC(=O)C(C)(C)C. The molecule has 6 nitrogen and oxygen atoms in total. The van der Waals surface area contributed by atoms with Gasteiger partial charge in [0.15, 0.2) is 6.10 Å². The molecular weight excluding hydrogens is 372 g/mol. The highest BCUT2D eigenvalue weighted by Crippen LogP contribution is 2.21. The zero-order valence-electron chi connectivity index (χ0n) is 18.2. The normalized spacial score (nSPS) is 25.4. The van der Waals surface area contributed by atoms with Gasteiger partial charge in [0.2, 0.25) is 0 Å². The van der Waals surface area contributed by atoms with Gasteiger partial charge >= 0.3 is 11.9 Å². The predicted molar refractivity (Wildman–Crippen MR) is 109 cm³/mol. The van der Waals surface area contributed by atoms with Crippen LogP contribution in [0.2, 0.25) is 0 Å². The summed E-state index contributed by atoms with van der Waals surface area (Å²) in [6, 6.07) is 0. The molecule has 6 heteroatoms. The van der Waals surface area contributed by atoms with E-state index < -0.39 is 23.0 Å². The van der Waals surface area contributed by atoms with Gasteiger partial charge in [0.1, 0.15) is 18.8 Å². The number of carbonyl (C=O) groups is 2. The molecule has 160 valence electrons. The van der Waals surface area contributed by atoms with Crippen LogP contribution in [-0.4, -0.2) is 49.6 Å². The summed E-state index contributed by atoms with van der Waals surface area (Å²) in [5.41, 5.74) is -1.31. The van der Waals surface area contributed by atoms with Crippen molar-refractivity contribution in [1.82, 2.24) is 0 Å². The van der Waals surface area contributed by atoms with Crippen molar-refractivity contribution in [2.75, 3.05) is 13.2 Å². The molecule has 0 aromatic heterocycles. The van der Waals surface area contributed by atoms with E-state index in [0.717, 1.165) is 0 Å². The first-order valence-electron chi connectivity index (χ1n) is 9.95. The number of hydrogen-bond acceptors (Lipinski definition) is 6. The van der Waals surface area contributed by atoms with Crippen LogP contribution in [0, 0.1) is 22.7 Å². The molecule has 29 heavy (non-hydrogen) atoms. The molecule has 0 radical (unpaired) electrons. The zero-order chi connectivity index (χ0) is 21.7. The van der Waals surface area contributed by atoms with Gasteiger partial charge in [-0.15, -0.1) is 0 Å². The van der Waals surface area contributed by atoms with Crippen LogP contribution in [0.25, 0.3) is 0 Å². The Balaban J connectivity index is 2.07. The van der Waals surface area contributed by atoms with Crippen molar-refractivity contribution in [2.24, 2.45) is 10.8 Å². The molecule has 0 aromatic rings. The first-order chi connectivity index (χ1) is 13.5. The first kappa shape index (κ1) is 23.2. The lowest BCUT2D eigenvalue weighted by atomic mass is 9.97. The largest absolute Gasteiger partial charge is 0.461 e. The summed E-state index contributed by atoms with van der Waals surface area (Å²) in [6.45, 7) is 11.1. The number of ether oxygens (including phenoxy) is 4. The van der Waals surface area contributed by atoms with Crippen LogP contribution in [0.4, 0.5) is 0 Å². The molecular formula is C23H32O6. The third kappa shape index (κ3) is 7.34. The van der Waals surface area contributed by atoms with Gasteiger partial charge in [-0.05, 0) is 53.7 Å². The fourth-order valence-electron chi connectivity index (χ4n) is 2.49. The molecule has 2 aliphatic rings. The van der Waals surface area contributed by atoms with Crippen molar-refractivity contribution in [3.63, 3.8) is 0 Å². The summed E-state index contributed by atoms with van der Waals surface area (Å²) in [5, 5.41) is 0. The fraction of sp³-hybridized carbons (Fsp3) is 0.652. The summed E-state index contributed by atoms with van der Waals surface area (Å²) in [4.78, 5) is 24.4. The van der Waals surface area contributed by atoms with E-state index in [0.29, 0.717) is 13.0 Å². The van der Waals surface area contributed by atoms with E-state index >= 15 is 0 Å². The smallest absolute Gasteiger partial charge is 0.311 e. The first-order valence-corrected chi connectivity index (χ1v) is 9.95. The molecule has 2 heterocycles. The van der Waals surface area contributed by atoms with Crippen LogP contribution in [0.5, 0.6) is 0 Å². The van der Waals surface area contributed by atoms with Gasteiger partial charge in [-0.3, -0.25) is 9.59 Å². The van der Waals surface area contributed by atoms with Gasteiger partial charge in [-0.25, -0.2) is 0 Å². The van der Waals surface area contributed by atoms with Crippen LogP contribution in [0.15, 0.2) is 24.3 Å². The molecule has 0 amide bonds.